The summed E-state index contributed by atoms with van der Waals surface area (Å²) in [4.78, 5) is 51.9. The molecule has 0 aliphatic carbocycles. The molecule has 2 aromatic carbocycles. The molecule has 1 aliphatic heterocycles. The SMILES string of the molecule is CCOC(=O)C[C@@H](c1ccccc1)N(C(C)=O)N1C(=O)N[C@](C)(c2ccc(C(=N)N)cc2)C1=O. The lowest BCUT2D eigenvalue weighted by Gasteiger charge is -2.36. The molecule has 2 aromatic rings. The van der Waals surface area contributed by atoms with Crippen molar-refractivity contribution >= 4 is 29.7 Å². The van der Waals surface area contributed by atoms with Crippen LogP contribution in [-0.2, 0) is 24.7 Å². The molecule has 0 spiro atoms. The van der Waals surface area contributed by atoms with E-state index in [-0.39, 0.29) is 18.9 Å². The summed E-state index contributed by atoms with van der Waals surface area (Å²) in [5.74, 6) is -1.99. The van der Waals surface area contributed by atoms with E-state index in [9.17, 15) is 19.2 Å². The summed E-state index contributed by atoms with van der Waals surface area (Å²) in [6.07, 6.45) is -0.251. The topological polar surface area (TPSA) is 146 Å². The van der Waals surface area contributed by atoms with Gasteiger partial charge in [-0.25, -0.2) is 9.80 Å². The summed E-state index contributed by atoms with van der Waals surface area (Å²) in [5.41, 5.74) is 5.49. The number of nitrogen functional groups attached to an aromatic ring is 1. The number of urea groups is 1. The number of hydrogen-bond donors (Lipinski definition) is 3. The highest BCUT2D eigenvalue weighted by Gasteiger charge is 2.53. The van der Waals surface area contributed by atoms with Crippen LogP contribution in [0.15, 0.2) is 54.6 Å². The second kappa shape index (κ2) is 9.74. The Hall–Kier alpha value is -4.21. The number of amides is 4. The van der Waals surface area contributed by atoms with E-state index in [1.54, 1.807) is 61.5 Å². The molecule has 0 aromatic heterocycles. The number of nitrogens with two attached hydrogens (primary N) is 1. The van der Waals surface area contributed by atoms with Crippen LogP contribution in [0, 0.1) is 5.41 Å². The van der Waals surface area contributed by atoms with Crippen molar-refractivity contribution in [3.8, 4) is 0 Å². The smallest absolute Gasteiger partial charge is 0.344 e. The first-order chi connectivity index (χ1) is 16.1. The Bertz CT molecular complexity index is 1120. The van der Waals surface area contributed by atoms with Crippen LogP contribution in [0.2, 0.25) is 0 Å². The van der Waals surface area contributed by atoms with E-state index in [2.05, 4.69) is 5.32 Å². The Kier molecular flexibility index (Phi) is 7.00. The molecule has 0 unspecified atom stereocenters. The lowest BCUT2D eigenvalue weighted by molar-refractivity contribution is -0.163. The molecule has 1 saturated heterocycles. The fourth-order valence-electron chi connectivity index (χ4n) is 3.90. The van der Waals surface area contributed by atoms with Gasteiger partial charge in [-0.15, -0.1) is 0 Å². The molecule has 1 fully saturated rings. The number of rotatable bonds is 8. The molecule has 4 amide bonds. The maximum Gasteiger partial charge on any atom is 0.344 e. The number of carbonyl (C=O) groups is 4. The van der Waals surface area contributed by atoms with Gasteiger partial charge in [0.1, 0.15) is 11.4 Å². The molecular formula is C24H27N5O5. The molecule has 1 heterocycles. The van der Waals surface area contributed by atoms with Crippen molar-refractivity contribution in [1.29, 1.82) is 5.41 Å². The second-order valence-corrected chi connectivity index (χ2v) is 7.96. The fraction of sp³-hybridized carbons (Fsp3) is 0.292. The van der Waals surface area contributed by atoms with Crippen LogP contribution in [0.1, 0.15) is 49.9 Å². The predicted octanol–water partition coefficient (Wildman–Crippen LogP) is 2.20. The van der Waals surface area contributed by atoms with E-state index in [0.717, 1.165) is 10.0 Å². The van der Waals surface area contributed by atoms with Crippen molar-refractivity contribution in [1.82, 2.24) is 15.3 Å². The molecule has 0 radical (unpaired) electrons. The zero-order chi connectivity index (χ0) is 25.0. The van der Waals surface area contributed by atoms with Crippen molar-refractivity contribution in [2.75, 3.05) is 6.61 Å². The van der Waals surface area contributed by atoms with Gasteiger partial charge in [0.25, 0.3) is 5.91 Å². The largest absolute Gasteiger partial charge is 0.466 e. The highest BCUT2D eigenvalue weighted by Crippen LogP contribution is 2.34. The van der Waals surface area contributed by atoms with Crippen molar-refractivity contribution < 1.29 is 23.9 Å². The molecule has 10 nitrogen and oxygen atoms in total. The number of hydrazine groups is 1. The van der Waals surface area contributed by atoms with Crippen molar-refractivity contribution in [2.45, 2.75) is 38.8 Å². The number of carbonyl (C=O) groups excluding carboxylic acids is 4. The van der Waals surface area contributed by atoms with Crippen LogP contribution in [0.25, 0.3) is 0 Å². The Morgan fingerprint density at radius 2 is 1.76 bits per heavy atom. The standard InChI is InChI=1S/C24H27N5O5/c1-4-34-20(31)14-19(16-8-6-5-7-9-16)28(15(2)30)29-22(32)24(3,27-23(29)33)18-12-10-17(11-13-18)21(25)26/h5-13,19H,4,14H2,1-3H3,(H3,25,26)(H,27,33)/t19-,24+/m0/s1. The molecular weight excluding hydrogens is 438 g/mol. The number of esters is 1. The van der Waals surface area contributed by atoms with E-state index >= 15 is 0 Å². The Balaban J connectivity index is 2.03. The van der Waals surface area contributed by atoms with Gasteiger partial charge >= 0.3 is 12.0 Å². The van der Waals surface area contributed by atoms with Crippen LogP contribution in [0.5, 0.6) is 0 Å². The Morgan fingerprint density at radius 1 is 1.15 bits per heavy atom. The summed E-state index contributed by atoms with van der Waals surface area (Å²) in [7, 11) is 0. The van der Waals surface area contributed by atoms with Gasteiger partial charge in [-0.1, -0.05) is 54.6 Å². The molecule has 34 heavy (non-hydrogen) atoms. The number of benzene rings is 2. The number of nitrogens with one attached hydrogen (secondary N) is 2. The van der Waals surface area contributed by atoms with Gasteiger partial charge < -0.3 is 15.8 Å². The summed E-state index contributed by atoms with van der Waals surface area (Å²) in [6, 6.07) is 13.2. The highest BCUT2D eigenvalue weighted by molar-refractivity contribution is 6.08. The highest BCUT2D eigenvalue weighted by atomic mass is 16.5. The second-order valence-electron chi connectivity index (χ2n) is 7.96. The van der Waals surface area contributed by atoms with Crippen molar-refractivity contribution in [2.24, 2.45) is 5.73 Å². The van der Waals surface area contributed by atoms with Gasteiger partial charge in [-0.2, -0.15) is 5.01 Å². The average Bonchev–Trinajstić information content (AvgIpc) is 3.03. The van der Waals surface area contributed by atoms with Gasteiger partial charge in [0.05, 0.1) is 19.1 Å². The number of amidine groups is 1. The third-order valence-corrected chi connectivity index (χ3v) is 5.63. The van der Waals surface area contributed by atoms with Gasteiger partial charge in [-0.05, 0) is 25.0 Å². The van der Waals surface area contributed by atoms with Crippen LogP contribution in [-0.4, -0.2) is 46.3 Å². The molecule has 10 heteroatoms. The van der Waals surface area contributed by atoms with Crippen LogP contribution < -0.4 is 11.1 Å². The minimum Gasteiger partial charge on any atom is -0.466 e. The first-order valence-corrected chi connectivity index (χ1v) is 10.7. The zero-order valence-corrected chi connectivity index (χ0v) is 19.2. The summed E-state index contributed by atoms with van der Waals surface area (Å²) in [6.45, 7) is 4.56. The maximum absolute atomic E-state index is 13.6. The number of nitrogens with zero attached hydrogens (tertiary/aromatic N) is 2. The summed E-state index contributed by atoms with van der Waals surface area (Å²) >= 11 is 0. The lowest BCUT2D eigenvalue weighted by Crippen LogP contribution is -2.52. The van der Waals surface area contributed by atoms with Crippen LogP contribution >= 0.6 is 0 Å². The van der Waals surface area contributed by atoms with E-state index in [1.807, 2.05) is 0 Å². The minimum atomic E-state index is -1.48. The quantitative estimate of drug-likeness (QED) is 0.236. The molecule has 3 rings (SSSR count). The van der Waals surface area contributed by atoms with E-state index < -0.39 is 35.4 Å². The molecule has 0 bridgehead atoms. The van der Waals surface area contributed by atoms with E-state index in [0.29, 0.717) is 16.7 Å². The van der Waals surface area contributed by atoms with Gasteiger partial charge in [-0.3, -0.25) is 19.8 Å². The fourth-order valence-corrected chi connectivity index (χ4v) is 3.90. The first-order valence-electron chi connectivity index (χ1n) is 10.7. The monoisotopic (exact) mass is 465 g/mol. The summed E-state index contributed by atoms with van der Waals surface area (Å²) < 4.78 is 5.07. The normalized spacial score (nSPS) is 18.3. The zero-order valence-electron chi connectivity index (χ0n) is 19.2. The van der Waals surface area contributed by atoms with Gasteiger partial charge in [0.15, 0.2) is 0 Å². The molecule has 0 saturated carbocycles. The first kappa shape index (κ1) is 24.4. The van der Waals surface area contributed by atoms with Gasteiger partial charge in [0.2, 0.25) is 5.91 Å². The van der Waals surface area contributed by atoms with E-state index in [4.69, 9.17) is 15.9 Å². The number of ether oxygens (including phenoxy) is 1. The Morgan fingerprint density at radius 3 is 2.29 bits per heavy atom. The van der Waals surface area contributed by atoms with Crippen molar-refractivity contribution in [3.05, 3.63) is 71.3 Å². The van der Waals surface area contributed by atoms with Crippen LogP contribution in [0.3, 0.4) is 0 Å². The minimum absolute atomic E-state index is 0.132. The van der Waals surface area contributed by atoms with Gasteiger partial charge in [0, 0.05) is 12.5 Å². The molecule has 4 N–H and O–H groups in total. The molecule has 2 atom stereocenters. The molecule has 1 aliphatic rings. The van der Waals surface area contributed by atoms with E-state index in [1.165, 1.54) is 13.8 Å². The summed E-state index contributed by atoms with van der Waals surface area (Å²) in [5, 5.41) is 11.9. The predicted molar refractivity (Wildman–Crippen MR) is 123 cm³/mol. The lowest BCUT2D eigenvalue weighted by atomic mass is 9.91. The third kappa shape index (κ3) is 4.61. The maximum atomic E-state index is 13.6. The third-order valence-electron chi connectivity index (χ3n) is 5.63. The average molecular weight is 466 g/mol. The number of hydrogen-bond acceptors (Lipinski definition) is 6. The van der Waals surface area contributed by atoms with Crippen molar-refractivity contribution in [3.63, 3.8) is 0 Å². The Labute approximate surface area is 197 Å². The molecule has 178 valence electrons. The van der Waals surface area contributed by atoms with Crippen LogP contribution in [0.4, 0.5) is 4.79 Å². The number of imide groups is 1.